The van der Waals surface area contributed by atoms with E-state index >= 15 is 0 Å². The number of rotatable bonds is 6. The number of carbonyl (C=O) groups is 1. The minimum atomic E-state index is -0.175. The summed E-state index contributed by atoms with van der Waals surface area (Å²) < 4.78 is 5.58. The van der Waals surface area contributed by atoms with Crippen LogP contribution in [0, 0.1) is 5.92 Å². The SMILES string of the molecule is CON(C)C(=O)c1ccc(OCCC(C)C)cc1. The van der Waals surface area contributed by atoms with Gasteiger partial charge in [-0.15, -0.1) is 0 Å². The van der Waals surface area contributed by atoms with E-state index in [4.69, 9.17) is 9.57 Å². The molecular weight excluding hydrogens is 230 g/mol. The normalized spacial score (nSPS) is 10.5. The van der Waals surface area contributed by atoms with Crippen molar-refractivity contribution < 1.29 is 14.4 Å². The maximum absolute atomic E-state index is 11.8. The monoisotopic (exact) mass is 251 g/mol. The van der Waals surface area contributed by atoms with Gasteiger partial charge in [-0.1, -0.05) is 13.8 Å². The number of carbonyl (C=O) groups excluding carboxylic acids is 1. The topological polar surface area (TPSA) is 38.8 Å². The first kappa shape index (κ1) is 14.5. The average Bonchev–Trinajstić information content (AvgIpc) is 2.37. The van der Waals surface area contributed by atoms with Crippen molar-refractivity contribution in [2.24, 2.45) is 5.92 Å². The van der Waals surface area contributed by atoms with Crippen molar-refractivity contribution in [3.05, 3.63) is 29.8 Å². The van der Waals surface area contributed by atoms with Crippen LogP contribution in [0.25, 0.3) is 0 Å². The third-order valence-electron chi connectivity index (χ3n) is 2.63. The Hall–Kier alpha value is -1.55. The second kappa shape index (κ2) is 7.01. The third-order valence-corrected chi connectivity index (χ3v) is 2.63. The quantitative estimate of drug-likeness (QED) is 0.730. The second-order valence-corrected chi connectivity index (χ2v) is 4.54. The number of hydrogen-bond acceptors (Lipinski definition) is 3. The van der Waals surface area contributed by atoms with Gasteiger partial charge >= 0.3 is 0 Å². The highest BCUT2D eigenvalue weighted by molar-refractivity contribution is 5.93. The van der Waals surface area contributed by atoms with Gasteiger partial charge in [0.05, 0.1) is 13.7 Å². The highest BCUT2D eigenvalue weighted by atomic mass is 16.7. The lowest BCUT2D eigenvalue weighted by Gasteiger charge is -2.14. The minimum absolute atomic E-state index is 0.175. The van der Waals surface area contributed by atoms with Crippen LogP contribution in [0.3, 0.4) is 0 Å². The maximum atomic E-state index is 11.8. The molecule has 1 aromatic rings. The molecule has 0 aliphatic carbocycles. The zero-order valence-corrected chi connectivity index (χ0v) is 11.5. The van der Waals surface area contributed by atoms with Gasteiger partial charge in [0.15, 0.2) is 0 Å². The molecule has 1 amide bonds. The Kier molecular flexibility index (Phi) is 5.65. The van der Waals surface area contributed by atoms with Crippen molar-refractivity contribution in [2.75, 3.05) is 20.8 Å². The minimum Gasteiger partial charge on any atom is -0.494 e. The standard InChI is InChI=1S/C14H21NO3/c1-11(2)9-10-18-13-7-5-12(6-8-13)14(16)15(3)17-4/h5-8,11H,9-10H2,1-4H3. The lowest BCUT2D eigenvalue weighted by molar-refractivity contribution is -0.0757. The highest BCUT2D eigenvalue weighted by Crippen LogP contribution is 2.14. The number of hydrogen-bond donors (Lipinski definition) is 0. The summed E-state index contributed by atoms with van der Waals surface area (Å²) in [6.07, 6.45) is 1.02. The van der Waals surface area contributed by atoms with Crippen LogP contribution in [-0.2, 0) is 4.84 Å². The smallest absolute Gasteiger partial charge is 0.277 e. The first-order valence-electron chi connectivity index (χ1n) is 6.09. The first-order chi connectivity index (χ1) is 8.54. The molecule has 0 unspecified atom stereocenters. The summed E-state index contributed by atoms with van der Waals surface area (Å²) >= 11 is 0. The number of hydroxylamine groups is 2. The predicted molar refractivity (Wildman–Crippen MR) is 70.5 cm³/mol. The van der Waals surface area contributed by atoms with Crippen LogP contribution < -0.4 is 4.74 Å². The van der Waals surface area contributed by atoms with Crippen molar-refractivity contribution in [3.8, 4) is 5.75 Å². The van der Waals surface area contributed by atoms with Gasteiger partial charge in [0, 0.05) is 12.6 Å². The summed E-state index contributed by atoms with van der Waals surface area (Å²) in [5, 5.41) is 1.19. The molecule has 0 aliphatic heterocycles. The van der Waals surface area contributed by atoms with E-state index in [0.29, 0.717) is 18.1 Å². The zero-order chi connectivity index (χ0) is 13.5. The summed E-state index contributed by atoms with van der Waals surface area (Å²) in [5.74, 6) is 1.24. The fourth-order valence-electron chi connectivity index (χ4n) is 1.37. The van der Waals surface area contributed by atoms with Crippen LogP contribution >= 0.6 is 0 Å². The molecule has 0 bridgehead atoms. The Morgan fingerprint density at radius 1 is 1.28 bits per heavy atom. The van der Waals surface area contributed by atoms with E-state index in [9.17, 15) is 4.79 Å². The third kappa shape index (κ3) is 4.37. The molecule has 0 saturated carbocycles. The summed E-state index contributed by atoms with van der Waals surface area (Å²) in [6, 6.07) is 7.08. The average molecular weight is 251 g/mol. The molecule has 100 valence electrons. The van der Waals surface area contributed by atoms with Crippen LogP contribution in [-0.4, -0.2) is 31.7 Å². The maximum Gasteiger partial charge on any atom is 0.277 e. The molecule has 0 fully saturated rings. The van der Waals surface area contributed by atoms with Gasteiger partial charge in [-0.05, 0) is 36.6 Å². The molecule has 0 heterocycles. The fraction of sp³-hybridized carbons (Fsp3) is 0.500. The van der Waals surface area contributed by atoms with Gasteiger partial charge in [-0.2, -0.15) is 0 Å². The van der Waals surface area contributed by atoms with Crippen LogP contribution in [0.1, 0.15) is 30.6 Å². The van der Waals surface area contributed by atoms with E-state index in [0.717, 1.165) is 12.2 Å². The Balaban J connectivity index is 2.54. The number of ether oxygens (including phenoxy) is 1. The molecule has 0 radical (unpaired) electrons. The van der Waals surface area contributed by atoms with Crippen molar-refractivity contribution in [3.63, 3.8) is 0 Å². The summed E-state index contributed by atoms with van der Waals surface area (Å²) in [7, 11) is 3.04. The molecular formula is C14H21NO3. The first-order valence-corrected chi connectivity index (χ1v) is 6.09. The molecule has 0 aliphatic rings. The second-order valence-electron chi connectivity index (χ2n) is 4.54. The number of amides is 1. The van der Waals surface area contributed by atoms with E-state index < -0.39 is 0 Å². The van der Waals surface area contributed by atoms with Crippen LogP contribution in [0.2, 0.25) is 0 Å². The van der Waals surface area contributed by atoms with Gasteiger partial charge in [-0.25, -0.2) is 5.06 Å². The van der Waals surface area contributed by atoms with Crippen molar-refractivity contribution in [1.82, 2.24) is 5.06 Å². The Morgan fingerprint density at radius 2 is 1.89 bits per heavy atom. The van der Waals surface area contributed by atoms with E-state index in [1.807, 2.05) is 0 Å². The molecule has 4 nitrogen and oxygen atoms in total. The molecule has 0 N–H and O–H groups in total. The summed E-state index contributed by atoms with van der Waals surface area (Å²) in [4.78, 5) is 16.6. The fourth-order valence-corrected chi connectivity index (χ4v) is 1.37. The van der Waals surface area contributed by atoms with Crippen LogP contribution in [0.5, 0.6) is 5.75 Å². The summed E-state index contributed by atoms with van der Waals surface area (Å²) in [6.45, 7) is 5.01. The largest absolute Gasteiger partial charge is 0.494 e. The Morgan fingerprint density at radius 3 is 2.39 bits per heavy atom. The lowest BCUT2D eigenvalue weighted by Crippen LogP contribution is -2.25. The molecule has 0 spiro atoms. The van der Waals surface area contributed by atoms with Crippen LogP contribution in [0.15, 0.2) is 24.3 Å². The van der Waals surface area contributed by atoms with Gasteiger partial charge in [0.25, 0.3) is 5.91 Å². The molecule has 18 heavy (non-hydrogen) atoms. The molecule has 1 aromatic carbocycles. The van der Waals surface area contributed by atoms with Crippen molar-refractivity contribution >= 4 is 5.91 Å². The van der Waals surface area contributed by atoms with E-state index in [1.165, 1.54) is 12.2 Å². The summed E-state index contributed by atoms with van der Waals surface area (Å²) in [5.41, 5.74) is 0.579. The van der Waals surface area contributed by atoms with E-state index in [1.54, 1.807) is 31.3 Å². The Bertz CT molecular complexity index is 373. The van der Waals surface area contributed by atoms with Crippen molar-refractivity contribution in [1.29, 1.82) is 0 Å². The van der Waals surface area contributed by atoms with Gasteiger partial charge < -0.3 is 4.74 Å². The highest BCUT2D eigenvalue weighted by Gasteiger charge is 2.10. The number of nitrogens with zero attached hydrogens (tertiary/aromatic N) is 1. The van der Waals surface area contributed by atoms with Gasteiger partial charge in [0.2, 0.25) is 0 Å². The molecule has 0 saturated heterocycles. The van der Waals surface area contributed by atoms with E-state index in [2.05, 4.69) is 13.8 Å². The molecule has 0 atom stereocenters. The van der Waals surface area contributed by atoms with E-state index in [-0.39, 0.29) is 5.91 Å². The van der Waals surface area contributed by atoms with Gasteiger partial charge in [-0.3, -0.25) is 9.63 Å². The molecule has 4 heteroatoms. The zero-order valence-electron chi connectivity index (χ0n) is 11.5. The predicted octanol–water partition coefficient (Wildman–Crippen LogP) is 2.74. The molecule has 0 aromatic heterocycles. The number of benzene rings is 1. The van der Waals surface area contributed by atoms with Crippen LogP contribution in [0.4, 0.5) is 0 Å². The lowest BCUT2D eigenvalue weighted by atomic mass is 10.1. The molecule has 1 rings (SSSR count). The Labute approximate surface area is 108 Å². The van der Waals surface area contributed by atoms with Gasteiger partial charge in [0.1, 0.15) is 5.75 Å². The van der Waals surface area contributed by atoms with Crippen molar-refractivity contribution in [2.45, 2.75) is 20.3 Å².